The molecular formula is C13H25NO2. The Balaban J connectivity index is 2.24. The zero-order valence-corrected chi connectivity index (χ0v) is 10.6. The quantitative estimate of drug-likeness (QED) is 0.705. The first-order valence-electron chi connectivity index (χ1n) is 6.52. The lowest BCUT2D eigenvalue weighted by Crippen LogP contribution is -2.34. The van der Waals surface area contributed by atoms with Crippen LogP contribution in [0.3, 0.4) is 0 Å². The number of amides is 1. The summed E-state index contributed by atoms with van der Waals surface area (Å²) in [5.41, 5.74) is 0. The molecule has 1 saturated carbocycles. The maximum absolute atomic E-state index is 12.1. The van der Waals surface area contributed by atoms with Gasteiger partial charge < -0.3 is 10.0 Å². The van der Waals surface area contributed by atoms with Crippen molar-refractivity contribution in [3.63, 3.8) is 0 Å². The highest BCUT2D eigenvalue weighted by Gasteiger charge is 2.31. The van der Waals surface area contributed by atoms with E-state index in [4.69, 9.17) is 5.11 Å². The highest BCUT2D eigenvalue weighted by molar-refractivity contribution is 5.79. The molecule has 0 radical (unpaired) electrons. The average Bonchev–Trinajstić information content (AvgIpc) is 2.69. The minimum Gasteiger partial charge on any atom is -0.396 e. The SMILES string of the molecule is CC1CCCC1C(=O)N(C)CCCCCO. The smallest absolute Gasteiger partial charge is 0.225 e. The van der Waals surface area contributed by atoms with Crippen molar-refractivity contribution in [1.29, 1.82) is 0 Å². The van der Waals surface area contributed by atoms with Crippen molar-refractivity contribution >= 4 is 5.91 Å². The lowest BCUT2D eigenvalue weighted by molar-refractivity contribution is -0.135. The van der Waals surface area contributed by atoms with Gasteiger partial charge in [-0.1, -0.05) is 13.3 Å². The topological polar surface area (TPSA) is 40.5 Å². The lowest BCUT2D eigenvalue weighted by Gasteiger charge is -2.23. The van der Waals surface area contributed by atoms with Crippen molar-refractivity contribution in [2.45, 2.75) is 45.4 Å². The molecule has 2 unspecified atom stereocenters. The minimum atomic E-state index is 0.261. The highest BCUT2D eigenvalue weighted by Crippen LogP contribution is 2.32. The van der Waals surface area contributed by atoms with Crippen LogP contribution in [0.5, 0.6) is 0 Å². The third-order valence-corrected chi connectivity index (χ3v) is 3.71. The molecule has 16 heavy (non-hydrogen) atoms. The first kappa shape index (κ1) is 13.5. The fraction of sp³-hybridized carbons (Fsp3) is 0.923. The van der Waals surface area contributed by atoms with Crippen molar-refractivity contribution < 1.29 is 9.90 Å². The Labute approximate surface area is 98.8 Å². The molecule has 0 saturated heterocycles. The maximum atomic E-state index is 12.1. The van der Waals surface area contributed by atoms with E-state index < -0.39 is 0 Å². The zero-order valence-electron chi connectivity index (χ0n) is 10.6. The third-order valence-electron chi connectivity index (χ3n) is 3.71. The fourth-order valence-corrected chi connectivity index (χ4v) is 2.54. The van der Waals surface area contributed by atoms with Crippen molar-refractivity contribution in [2.75, 3.05) is 20.2 Å². The molecule has 0 bridgehead atoms. The van der Waals surface area contributed by atoms with E-state index in [-0.39, 0.29) is 12.5 Å². The summed E-state index contributed by atoms with van der Waals surface area (Å²) >= 11 is 0. The van der Waals surface area contributed by atoms with Gasteiger partial charge in [0.25, 0.3) is 0 Å². The number of carbonyl (C=O) groups excluding carboxylic acids is 1. The van der Waals surface area contributed by atoms with Crippen LogP contribution >= 0.6 is 0 Å². The summed E-state index contributed by atoms with van der Waals surface area (Å²) in [6.45, 7) is 3.29. The number of unbranched alkanes of at least 4 members (excludes halogenated alkanes) is 2. The molecule has 1 aliphatic carbocycles. The van der Waals surface area contributed by atoms with E-state index in [9.17, 15) is 4.79 Å². The molecule has 1 rings (SSSR count). The van der Waals surface area contributed by atoms with E-state index in [1.54, 1.807) is 0 Å². The number of aliphatic hydroxyl groups excluding tert-OH is 1. The molecule has 94 valence electrons. The second-order valence-electron chi connectivity index (χ2n) is 5.06. The van der Waals surface area contributed by atoms with Gasteiger partial charge in [-0.05, 0) is 38.0 Å². The lowest BCUT2D eigenvalue weighted by atomic mass is 9.96. The average molecular weight is 227 g/mol. The third kappa shape index (κ3) is 3.78. The molecule has 3 nitrogen and oxygen atoms in total. The predicted molar refractivity (Wildman–Crippen MR) is 65.1 cm³/mol. The molecule has 2 atom stereocenters. The van der Waals surface area contributed by atoms with Crippen LogP contribution in [0.4, 0.5) is 0 Å². The van der Waals surface area contributed by atoms with Crippen LogP contribution in [-0.4, -0.2) is 36.1 Å². The van der Waals surface area contributed by atoms with Crippen LogP contribution in [0.15, 0.2) is 0 Å². The van der Waals surface area contributed by atoms with Crippen LogP contribution < -0.4 is 0 Å². The monoisotopic (exact) mass is 227 g/mol. The number of hydrogen-bond acceptors (Lipinski definition) is 2. The van der Waals surface area contributed by atoms with Crippen LogP contribution in [-0.2, 0) is 4.79 Å². The molecule has 0 aliphatic heterocycles. The van der Waals surface area contributed by atoms with E-state index in [2.05, 4.69) is 6.92 Å². The van der Waals surface area contributed by atoms with Gasteiger partial charge in [0, 0.05) is 26.1 Å². The summed E-state index contributed by atoms with van der Waals surface area (Å²) in [6, 6.07) is 0. The predicted octanol–water partition coefficient (Wildman–Crippen LogP) is 2.04. The second kappa shape index (κ2) is 6.89. The number of aliphatic hydroxyl groups is 1. The van der Waals surface area contributed by atoms with Gasteiger partial charge in [0.05, 0.1) is 0 Å². The summed E-state index contributed by atoms with van der Waals surface area (Å²) in [7, 11) is 1.91. The molecule has 3 heteroatoms. The second-order valence-corrected chi connectivity index (χ2v) is 5.06. The first-order chi connectivity index (χ1) is 7.66. The maximum Gasteiger partial charge on any atom is 0.225 e. The van der Waals surface area contributed by atoms with Gasteiger partial charge in [-0.2, -0.15) is 0 Å². The number of rotatable bonds is 6. The van der Waals surface area contributed by atoms with Crippen molar-refractivity contribution in [2.24, 2.45) is 11.8 Å². The molecule has 0 spiro atoms. The van der Waals surface area contributed by atoms with Gasteiger partial charge in [-0.3, -0.25) is 4.79 Å². The minimum absolute atomic E-state index is 0.261. The van der Waals surface area contributed by atoms with E-state index in [1.165, 1.54) is 12.8 Å². The summed E-state index contributed by atoms with van der Waals surface area (Å²) < 4.78 is 0. The Morgan fingerprint density at radius 1 is 1.31 bits per heavy atom. The molecule has 0 aromatic carbocycles. The Morgan fingerprint density at radius 3 is 2.62 bits per heavy atom. The van der Waals surface area contributed by atoms with Gasteiger partial charge in [-0.25, -0.2) is 0 Å². The van der Waals surface area contributed by atoms with Gasteiger partial charge in [0.2, 0.25) is 5.91 Å². The molecule has 1 fully saturated rings. The van der Waals surface area contributed by atoms with E-state index in [0.29, 0.717) is 11.8 Å². The molecule has 1 aliphatic rings. The molecule has 1 N–H and O–H groups in total. The number of hydrogen-bond donors (Lipinski definition) is 1. The van der Waals surface area contributed by atoms with E-state index in [1.807, 2.05) is 11.9 Å². The molecule has 1 amide bonds. The Bertz CT molecular complexity index is 218. The van der Waals surface area contributed by atoms with Gasteiger partial charge in [0.15, 0.2) is 0 Å². The van der Waals surface area contributed by atoms with Crippen LogP contribution in [0.25, 0.3) is 0 Å². The van der Waals surface area contributed by atoms with Crippen molar-refractivity contribution in [3.8, 4) is 0 Å². The summed E-state index contributed by atoms with van der Waals surface area (Å²) in [4.78, 5) is 14.0. The van der Waals surface area contributed by atoms with Gasteiger partial charge >= 0.3 is 0 Å². The number of carbonyl (C=O) groups is 1. The van der Waals surface area contributed by atoms with E-state index >= 15 is 0 Å². The Morgan fingerprint density at radius 2 is 2.06 bits per heavy atom. The van der Waals surface area contributed by atoms with Crippen LogP contribution in [0, 0.1) is 11.8 Å². The van der Waals surface area contributed by atoms with Gasteiger partial charge in [0.1, 0.15) is 0 Å². The first-order valence-corrected chi connectivity index (χ1v) is 6.52. The Kier molecular flexibility index (Phi) is 5.81. The van der Waals surface area contributed by atoms with E-state index in [0.717, 1.165) is 32.2 Å². The summed E-state index contributed by atoms with van der Waals surface area (Å²) in [5, 5.41) is 8.67. The van der Waals surface area contributed by atoms with Crippen LogP contribution in [0.2, 0.25) is 0 Å². The van der Waals surface area contributed by atoms with Crippen molar-refractivity contribution in [1.82, 2.24) is 4.90 Å². The molecular weight excluding hydrogens is 202 g/mol. The van der Waals surface area contributed by atoms with Crippen LogP contribution in [0.1, 0.15) is 45.4 Å². The summed E-state index contributed by atoms with van der Waals surface area (Å²) in [6.07, 6.45) is 6.34. The highest BCUT2D eigenvalue weighted by atomic mass is 16.2. The number of nitrogens with zero attached hydrogens (tertiary/aromatic N) is 1. The Hall–Kier alpha value is -0.570. The standard InChI is InChI=1S/C13H25NO2/c1-11-7-6-8-12(11)13(16)14(2)9-4-3-5-10-15/h11-12,15H,3-10H2,1-2H3. The summed E-state index contributed by atoms with van der Waals surface area (Å²) in [5.74, 6) is 1.16. The zero-order chi connectivity index (χ0) is 12.0. The van der Waals surface area contributed by atoms with Gasteiger partial charge in [-0.15, -0.1) is 0 Å². The van der Waals surface area contributed by atoms with Crippen molar-refractivity contribution in [3.05, 3.63) is 0 Å². The largest absolute Gasteiger partial charge is 0.396 e. The normalized spacial score (nSPS) is 24.7. The molecule has 0 aromatic heterocycles. The molecule has 0 heterocycles. The molecule has 0 aromatic rings. The fourth-order valence-electron chi connectivity index (χ4n) is 2.54.